The monoisotopic (exact) mass is 482 g/mol. The SMILES string of the molecule is NOC(N)C(O)c1cccc(N(Cc2cccnc2)c2ccc(OC(F)F)c(OC(F)F)c2)c1. The lowest BCUT2D eigenvalue weighted by atomic mass is 10.1. The zero-order valence-electron chi connectivity index (χ0n) is 17.6. The molecule has 0 radical (unpaired) electrons. The van der Waals surface area contributed by atoms with Crippen LogP contribution in [-0.4, -0.2) is 29.5 Å². The van der Waals surface area contributed by atoms with Crippen LogP contribution in [0.5, 0.6) is 11.5 Å². The second-order valence-corrected chi connectivity index (χ2v) is 6.98. The summed E-state index contributed by atoms with van der Waals surface area (Å²) < 4.78 is 60.1. The lowest BCUT2D eigenvalue weighted by Gasteiger charge is -2.27. The van der Waals surface area contributed by atoms with E-state index < -0.39 is 37.1 Å². The van der Waals surface area contributed by atoms with Gasteiger partial charge in [0.1, 0.15) is 6.10 Å². The van der Waals surface area contributed by atoms with Crippen LogP contribution in [0.3, 0.4) is 0 Å². The number of aliphatic hydroxyl groups is 1. The maximum absolute atomic E-state index is 12.9. The number of hydrogen-bond donors (Lipinski definition) is 3. The Morgan fingerprint density at radius 3 is 2.26 bits per heavy atom. The smallest absolute Gasteiger partial charge is 0.387 e. The first-order chi connectivity index (χ1) is 16.3. The van der Waals surface area contributed by atoms with Crippen molar-refractivity contribution in [2.75, 3.05) is 4.90 Å². The molecule has 0 bridgehead atoms. The molecule has 34 heavy (non-hydrogen) atoms. The number of hydrogen-bond acceptors (Lipinski definition) is 8. The van der Waals surface area contributed by atoms with Gasteiger partial charge in [-0.05, 0) is 41.5 Å². The van der Waals surface area contributed by atoms with E-state index in [1.807, 2.05) is 0 Å². The molecule has 0 saturated heterocycles. The molecule has 0 aliphatic carbocycles. The number of rotatable bonds is 11. The lowest BCUT2D eigenvalue weighted by molar-refractivity contribution is -0.0692. The molecule has 1 aromatic heterocycles. The quantitative estimate of drug-likeness (QED) is 0.215. The van der Waals surface area contributed by atoms with Crippen LogP contribution in [0, 0.1) is 0 Å². The van der Waals surface area contributed by atoms with Crippen LogP contribution >= 0.6 is 0 Å². The summed E-state index contributed by atoms with van der Waals surface area (Å²) >= 11 is 0. The van der Waals surface area contributed by atoms with Gasteiger partial charge in [-0.2, -0.15) is 17.6 Å². The van der Waals surface area contributed by atoms with Gasteiger partial charge in [-0.25, -0.2) is 5.90 Å². The fourth-order valence-corrected chi connectivity index (χ4v) is 3.19. The fraction of sp³-hybridized carbons (Fsp3) is 0.227. The highest BCUT2D eigenvalue weighted by molar-refractivity contribution is 5.67. The summed E-state index contributed by atoms with van der Waals surface area (Å²) in [5.41, 5.74) is 7.59. The molecule has 0 fully saturated rings. The minimum absolute atomic E-state index is 0.204. The minimum atomic E-state index is -3.27. The molecule has 8 nitrogen and oxygen atoms in total. The first kappa shape index (κ1) is 25.2. The van der Waals surface area contributed by atoms with E-state index in [1.54, 1.807) is 53.7 Å². The Bertz CT molecular complexity index is 1060. The lowest BCUT2D eigenvalue weighted by Crippen LogP contribution is -2.33. The number of benzene rings is 2. The van der Waals surface area contributed by atoms with Crippen molar-refractivity contribution in [2.24, 2.45) is 11.6 Å². The highest BCUT2D eigenvalue weighted by Crippen LogP contribution is 2.38. The average molecular weight is 482 g/mol. The third kappa shape index (κ3) is 6.54. The molecule has 2 unspecified atom stereocenters. The molecule has 3 aromatic rings. The summed E-state index contributed by atoms with van der Waals surface area (Å²) in [6.07, 6.45) is 0.738. The molecule has 0 amide bonds. The Morgan fingerprint density at radius 1 is 0.912 bits per heavy atom. The number of alkyl halides is 4. The second-order valence-electron chi connectivity index (χ2n) is 6.98. The predicted octanol–water partition coefficient (Wildman–Crippen LogP) is 3.83. The summed E-state index contributed by atoms with van der Waals surface area (Å²) in [5, 5.41) is 10.4. The number of nitrogens with zero attached hydrogens (tertiary/aromatic N) is 2. The average Bonchev–Trinajstić information content (AvgIpc) is 2.83. The van der Waals surface area contributed by atoms with Gasteiger partial charge in [-0.15, -0.1) is 0 Å². The molecule has 2 aromatic carbocycles. The third-order valence-corrected chi connectivity index (χ3v) is 4.73. The molecule has 0 spiro atoms. The zero-order chi connectivity index (χ0) is 24.7. The molecule has 5 N–H and O–H groups in total. The fourth-order valence-electron chi connectivity index (χ4n) is 3.19. The molecule has 0 aliphatic heterocycles. The molecule has 1 heterocycles. The van der Waals surface area contributed by atoms with Gasteiger partial charge in [-0.3, -0.25) is 9.82 Å². The number of anilines is 2. The van der Waals surface area contributed by atoms with E-state index in [0.717, 1.165) is 17.7 Å². The van der Waals surface area contributed by atoms with Gasteiger partial charge < -0.3 is 25.2 Å². The summed E-state index contributed by atoms with van der Waals surface area (Å²) in [6, 6.07) is 13.7. The summed E-state index contributed by atoms with van der Waals surface area (Å²) in [4.78, 5) is 10.2. The highest BCUT2D eigenvalue weighted by atomic mass is 19.3. The van der Waals surface area contributed by atoms with Gasteiger partial charge in [0, 0.05) is 36.4 Å². The molecule has 0 saturated carbocycles. The van der Waals surface area contributed by atoms with E-state index in [-0.39, 0.29) is 6.54 Å². The number of aliphatic hydroxyl groups excluding tert-OH is 1. The largest absolute Gasteiger partial charge is 0.431 e. The van der Waals surface area contributed by atoms with E-state index in [9.17, 15) is 22.7 Å². The van der Waals surface area contributed by atoms with Crippen LogP contribution in [0.1, 0.15) is 17.2 Å². The number of aromatic nitrogens is 1. The predicted molar refractivity (Wildman–Crippen MR) is 114 cm³/mol. The Balaban J connectivity index is 2.07. The Labute approximate surface area is 192 Å². The number of ether oxygens (including phenoxy) is 2. The van der Waals surface area contributed by atoms with Gasteiger partial charge in [-0.1, -0.05) is 18.2 Å². The molecule has 3 rings (SSSR count). The van der Waals surface area contributed by atoms with E-state index in [2.05, 4.69) is 19.3 Å². The van der Waals surface area contributed by atoms with Crippen LogP contribution < -0.4 is 26.0 Å². The van der Waals surface area contributed by atoms with Crippen molar-refractivity contribution in [2.45, 2.75) is 32.1 Å². The molecule has 12 heteroatoms. The summed E-state index contributed by atoms with van der Waals surface area (Å²) in [7, 11) is 0. The van der Waals surface area contributed by atoms with Crippen molar-refractivity contribution in [3.8, 4) is 11.5 Å². The molecular weight excluding hydrogens is 460 g/mol. The Hall–Kier alpha value is -3.45. The van der Waals surface area contributed by atoms with Gasteiger partial charge in [0.2, 0.25) is 0 Å². The van der Waals surface area contributed by atoms with Crippen molar-refractivity contribution in [3.05, 3.63) is 78.1 Å². The third-order valence-electron chi connectivity index (χ3n) is 4.73. The van der Waals surface area contributed by atoms with Crippen molar-refractivity contribution in [1.82, 2.24) is 4.98 Å². The van der Waals surface area contributed by atoms with E-state index in [1.165, 1.54) is 6.07 Å². The van der Waals surface area contributed by atoms with Crippen molar-refractivity contribution >= 4 is 11.4 Å². The maximum Gasteiger partial charge on any atom is 0.387 e. The Kier molecular flexibility index (Phi) is 8.60. The Morgan fingerprint density at radius 2 is 1.62 bits per heavy atom. The van der Waals surface area contributed by atoms with Crippen molar-refractivity contribution < 1.29 is 37.0 Å². The van der Waals surface area contributed by atoms with E-state index in [4.69, 9.17) is 11.6 Å². The second kappa shape index (κ2) is 11.6. The molecule has 182 valence electrons. The first-order valence-electron chi connectivity index (χ1n) is 9.87. The molecular formula is C22H22F4N4O4. The van der Waals surface area contributed by atoms with Gasteiger partial charge >= 0.3 is 13.2 Å². The van der Waals surface area contributed by atoms with Gasteiger partial charge in [0.25, 0.3) is 0 Å². The van der Waals surface area contributed by atoms with E-state index in [0.29, 0.717) is 16.9 Å². The molecule has 2 atom stereocenters. The van der Waals surface area contributed by atoms with Crippen LogP contribution in [0.2, 0.25) is 0 Å². The number of pyridine rings is 1. The van der Waals surface area contributed by atoms with Gasteiger partial charge in [0.05, 0.1) is 0 Å². The van der Waals surface area contributed by atoms with Crippen molar-refractivity contribution in [1.29, 1.82) is 0 Å². The van der Waals surface area contributed by atoms with Crippen LogP contribution in [-0.2, 0) is 11.4 Å². The molecule has 0 aliphatic rings. The van der Waals surface area contributed by atoms with E-state index >= 15 is 0 Å². The number of nitrogens with two attached hydrogens (primary N) is 2. The summed E-state index contributed by atoms with van der Waals surface area (Å²) in [5.74, 6) is 3.95. The normalized spacial score (nSPS) is 13.1. The highest BCUT2D eigenvalue weighted by Gasteiger charge is 2.21. The topological polar surface area (TPSA) is 116 Å². The first-order valence-corrected chi connectivity index (χ1v) is 9.87. The summed E-state index contributed by atoms with van der Waals surface area (Å²) in [6.45, 7) is -6.29. The minimum Gasteiger partial charge on any atom is -0.431 e. The number of halogens is 4. The van der Waals surface area contributed by atoms with Crippen molar-refractivity contribution in [3.63, 3.8) is 0 Å². The maximum atomic E-state index is 12.9. The van der Waals surface area contributed by atoms with Crippen LogP contribution in [0.4, 0.5) is 28.9 Å². The van der Waals surface area contributed by atoms with Gasteiger partial charge in [0.15, 0.2) is 17.7 Å². The van der Waals surface area contributed by atoms with Crippen LogP contribution in [0.15, 0.2) is 67.0 Å². The standard InChI is InChI=1S/C22H22F4N4O4/c23-21(24)32-17-7-6-16(10-18(17)33-22(25)26)30(12-13-3-2-8-29-11-13)15-5-1-4-14(9-15)19(31)20(27)34-28/h1-11,19-22,31H,12,27-28H2. The van der Waals surface area contributed by atoms with Crippen LogP contribution in [0.25, 0.3) is 0 Å². The zero-order valence-corrected chi connectivity index (χ0v) is 17.6.